The minimum Gasteiger partial charge on any atom is -0.368 e. The number of hydrogen-bond acceptors (Lipinski definition) is 5. The standard InChI is InChI=1S/C11H18N4OS/c1-8(2)15-11(3,10(12)16)6-17-9-4-5-13-7-14-9/h4-5,7-8,15H,6H2,1-3H3,(H2,12,16). The largest absolute Gasteiger partial charge is 0.368 e. The summed E-state index contributed by atoms with van der Waals surface area (Å²) in [5.41, 5.74) is 4.70. The van der Waals surface area contributed by atoms with Crippen molar-refractivity contribution in [2.24, 2.45) is 5.73 Å². The molecule has 0 saturated heterocycles. The molecule has 1 amide bonds. The molecule has 5 nitrogen and oxygen atoms in total. The molecular weight excluding hydrogens is 236 g/mol. The normalized spacial score (nSPS) is 14.6. The van der Waals surface area contributed by atoms with Crippen LogP contribution in [-0.4, -0.2) is 33.2 Å². The minimum absolute atomic E-state index is 0.193. The molecule has 94 valence electrons. The number of nitrogens with zero attached hydrogens (tertiary/aromatic N) is 2. The SMILES string of the molecule is CC(C)NC(C)(CSc1ccncn1)C(N)=O. The number of aromatic nitrogens is 2. The molecule has 0 spiro atoms. The quantitative estimate of drug-likeness (QED) is 0.580. The van der Waals surface area contributed by atoms with E-state index in [0.717, 1.165) is 5.03 Å². The van der Waals surface area contributed by atoms with Crippen LogP contribution in [0.1, 0.15) is 20.8 Å². The molecule has 1 unspecified atom stereocenters. The highest BCUT2D eigenvalue weighted by atomic mass is 32.2. The summed E-state index contributed by atoms with van der Waals surface area (Å²) in [6.45, 7) is 5.77. The van der Waals surface area contributed by atoms with Crippen molar-refractivity contribution in [1.29, 1.82) is 0 Å². The van der Waals surface area contributed by atoms with Gasteiger partial charge in [-0.2, -0.15) is 0 Å². The molecule has 0 bridgehead atoms. The topological polar surface area (TPSA) is 80.9 Å². The first-order valence-electron chi connectivity index (χ1n) is 5.40. The van der Waals surface area contributed by atoms with Crippen molar-refractivity contribution in [3.8, 4) is 0 Å². The van der Waals surface area contributed by atoms with Gasteiger partial charge >= 0.3 is 0 Å². The lowest BCUT2D eigenvalue weighted by Crippen LogP contribution is -2.57. The summed E-state index contributed by atoms with van der Waals surface area (Å²) in [6.07, 6.45) is 3.16. The molecule has 0 radical (unpaired) electrons. The molecule has 0 fully saturated rings. The van der Waals surface area contributed by atoms with Gasteiger partial charge in [0.2, 0.25) is 5.91 Å². The number of thioether (sulfide) groups is 1. The van der Waals surface area contributed by atoms with E-state index in [9.17, 15) is 4.79 Å². The molecule has 0 aromatic carbocycles. The maximum absolute atomic E-state index is 11.5. The Hall–Kier alpha value is -1.14. The average Bonchev–Trinajstić information content (AvgIpc) is 2.27. The summed E-state index contributed by atoms with van der Waals surface area (Å²) in [5.74, 6) is 0.185. The van der Waals surface area contributed by atoms with E-state index >= 15 is 0 Å². The van der Waals surface area contributed by atoms with Gasteiger partial charge in [0.25, 0.3) is 0 Å². The molecule has 0 aliphatic rings. The van der Waals surface area contributed by atoms with Crippen molar-refractivity contribution < 1.29 is 4.79 Å². The lowest BCUT2D eigenvalue weighted by molar-refractivity contribution is -0.123. The van der Waals surface area contributed by atoms with Crippen molar-refractivity contribution in [1.82, 2.24) is 15.3 Å². The molecule has 1 aromatic rings. The number of hydrogen-bond donors (Lipinski definition) is 2. The van der Waals surface area contributed by atoms with Gasteiger partial charge in [0.15, 0.2) is 0 Å². The predicted octanol–water partition coefficient (Wildman–Crippen LogP) is 0.811. The Morgan fingerprint density at radius 2 is 2.35 bits per heavy atom. The Kier molecular flexibility index (Phi) is 4.89. The zero-order chi connectivity index (χ0) is 12.9. The number of amides is 1. The van der Waals surface area contributed by atoms with Crippen LogP contribution in [0.2, 0.25) is 0 Å². The van der Waals surface area contributed by atoms with Crippen molar-refractivity contribution in [2.45, 2.75) is 37.4 Å². The molecule has 1 atom stereocenters. The second-order valence-corrected chi connectivity index (χ2v) is 5.33. The Labute approximate surface area is 106 Å². The Balaban J connectivity index is 2.65. The van der Waals surface area contributed by atoms with E-state index in [-0.39, 0.29) is 11.9 Å². The van der Waals surface area contributed by atoms with Gasteiger partial charge in [0.05, 0.1) is 5.03 Å². The van der Waals surface area contributed by atoms with E-state index in [4.69, 9.17) is 5.73 Å². The van der Waals surface area contributed by atoms with Gasteiger partial charge in [0, 0.05) is 18.0 Å². The van der Waals surface area contributed by atoms with Crippen LogP contribution in [0.5, 0.6) is 0 Å². The first kappa shape index (κ1) is 13.9. The lowest BCUT2D eigenvalue weighted by Gasteiger charge is -2.29. The maximum atomic E-state index is 11.5. The monoisotopic (exact) mass is 254 g/mol. The molecule has 17 heavy (non-hydrogen) atoms. The van der Waals surface area contributed by atoms with Crippen LogP contribution in [0, 0.1) is 0 Å². The van der Waals surface area contributed by atoms with E-state index in [1.165, 1.54) is 18.1 Å². The van der Waals surface area contributed by atoms with Crippen LogP contribution < -0.4 is 11.1 Å². The molecular formula is C11H18N4OS. The van der Waals surface area contributed by atoms with Gasteiger partial charge in [-0.3, -0.25) is 4.79 Å². The fourth-order valence-electron chi connectivity index (χ4n) is 1.40. The summed E-state index contributed by atoms with van der Waals surface area (Å²) in [5, 5.41) is 4.02. The minimum atomic E-state index is -0.732. The maximum Gasteiger partial charge on any atom is 0.238 e. The molecule has 1 rings (SSSR count). The van der Waals surface area contributed by atoms with E-state index < -0.39 is 5.54 Å². The third-order valence-corrected chi connectivity index (χ3v) is 3.47. The third-order valence-electron chi connectivity index (χ3n) is 2.21. The van der Waals surface area contributed by atoms with E-state index in [1.807, 2.05) is 20.8 Å². The first-order valence-corrected chi connectivity index (χ1v) is 6.39. The summed E-state index contributed by atoms with van der Waals surface area (Å²) in [4.78, 5) is 19.4. The second kappa shape index (κ2) is 5.97. The molecule has 0 aliphatic heterocycles. The second-order valence-electron chi connectivity index (χ2n) is 4.33. The zero-order valence-electron chi connectivity index (χ0n) is 10.3. The fourth-order valence-corrected chi connectivity index (χ4v) is 2.34. The fraction of sp³-hybridized carbons (Fsp3) is 0.545. The van der Waals surface area contributed by atoms with Gasteiger partial charge < -0.3 is 11.1 Å². The van der Waals surface area contributed by atoms with Crippen LogP contribution in [0.4, 0.5) is 0 Å². The molecule has 6 heteroatoms. The van der Waals surface area contributed by atoms with Gasteiger partial charge in [-0.25, -0.2) is 9.97 Å². The molecule has 0 saturated carbocycles. The Morgan fingerprint density at radius 1 is 1.65 bits per heavy atom. The lowest BCUT2D eigenvalue weighted by atomic mass is 10.0. The third kappa shape index (κ3) is 4.32. The van der Waals surface area contributed by atoms with E-state index in [0.29, 0.717) is 5.75 Å². The Bertz CT molecular complexity index is 371. The molecule has 0 aliphatic carbocycles. The molecule has 1 aromatic heterocycles. The van der Waals surface area contributed by atoms with Crippen LogP contribution in [-0.2, 0) is 4.79 Å². The van der Waals surface area contributed by atoms with E-state index in [1.54, 1.807) is 12.3 Å². The van der Waals surface area contributed by atoms with E-state index in [2.05, 4.69) is 15.3 Å². The van der Waals surface area contributed by atoms with Gasteiger partial charge in [0.1, 0.15) is 11.9 Å². The van der Waals surface area contributed by atoms with Gasteiger partial charge in [-0.05, 0) is 26.8 Å². The number of rotatable bonds is 6. The van der Waals surface area contributed by atoms with Crippen LogP contribution in [0.25, 0.3) is 0 Å². The van der Waals surface area contributed by atoms with Gasteiger partial charge in [-0.1, -0.05) is 0 Å². The average molecular weight is 254 g/mol. The van der Waals surface area contributed by atoms with Crippen LogP contribution in [0.3, 0.4) is 0 Å². The number of primary amides is 1. The summed E-state index contributed by atoms with van der Waals surface area (Å²) in [7, 11) is 0. The Morgan fingerprint density at radius 3 is 2.82 bits per heavy atom. The highest BCUT2D eigenvalue weighted by Gasteiger charge is 2.31. The molecule has 3 N–H and O–H groups in total. The van der Waals surface area contributed by atoms with Gasteiger partial charge in [-0.15, -0.1) is 11.8 Å². The van der Waals surface area contributed by atoms with Crippen molar-refractivity contribution in [3.63, 3.8) is 0 Å². The predicted molar refractivity (Wildman–Crippen MR) is 68.6 cm³/mol. The van der Waals surface area contributed by atoms with Crippen molar-refractivity contribution >= 4 is 17.7 Å². The zero-order valence-corrected chi connectivity index (χ0v) is 11.1. The van der Waals surface area contributed by atoms with Crippen molar-refractivity contribution in [3.05, 3.63) is 18.6 Å². The van der Waals surface area contributed by atoms with Crippen LogP contribution >= 0.6 is 11.8 Å². The smallest absolute Gasteiger partial charge is 0.238 e. The summed E-state index contributed by atoms with van der Waals surface area (Å²) >= 11 is 1.48. The van der Waals surface area contributed by atoms with Crippen molar-refractivity contribution in [2.75, 3.05) is 5.75 Å². The highest BCUT2D eigenvalue weighted by Crippen LogP contribution is 2.20. The van der Waals surface area contributed by atoms with Crippen LogP contribution in [0.15, 0.2) is 23.6 Å². The number of carbonyl (C=O) groups is 1. The molecule has 1 heterocycles. The summed E-state index contributed by atoms with van der Waals surface area (Å²) < 4.78 is 0. The number of nitrogens with two attached hydrogens (primary N) is 1. The number of carbonyl (C=O) groups excluding carboxylic acids is 1. The number of nitrogens with one attached hydrogen (secondary N) is 1. The first-order chi connectivity index (χ1) is 7.94. The highest BCUT2D eigenvalue weighted by molar-refractivity contribution is 7.99. The summed E-state index contributed by atoms with van der Waals surface area (Å²) in [6, 6.07) is 2.00.